The maximum absolute atomic E-state index is 13.2. The normalized spacial score (nSPS) is 18.2. The molecule has 1 fully saturated rings. The number of hydrogen-bond acceptors (Lipinski definition) is 6. The van der Waals surface area contributed by atoms with Gasteiger partial charge in [-0.05, 0) is 37.6 Å². The average molecular weight is 413 g/mol. The number of ether oxygens (including phenoxy) is 1. The lowest BCUT2D eigenvalue weighted by Crippen LogP contribution is -2.42. The first-order valence-corrected chi connectivity index (χ1v) is 11.2. The molecule has 1 aliphatic heterocycles. The second-order valence-corrected chi connectivity index (χ2v) is 9.72. The SMILES string of the molecule is CCCN(C1CCNC1)S(=O)(=O)c1cc(S(C)(=O)=O)ccc1OC.Cl. The Morgan fingerprint density at radius 3 is 2.44 bits per heavy atom. The zero-order valence-corrected chi connectivity index (χ0v) is 17.0. The summed E-state index contributed by atoms with van der Waals surface area (Å²) in [5.41, 5.74) is 0. The Hall–Kier alpha value is -0.870. The minimum Gasteiger partial charge on any atom is -0.495 e. The highest BCUT2D eigenvalue weighted by molar-refractivity contribution is 7.91. The smallest absolute Gasteiger partial charge is 0.247 e. The third-order valence-corrected chi connectivity index (χ3v) is 7.12. The fourth-order valence-electron chi connectivity index (χ4n) is 2.82. The van der Waals surface area contributed by atoms with Crippen molar-refractivity contribution >= 4 is 32.3 Å². The Morgan fingerprint density at radius 1 is 1.28 bits per heavy atom. The van der Waals surface area contributed by atoms with Crippen LogP contribution in [-0.4, -0.2) is 60.2 Å². The largest absolute Gasteiger partial charge is 0.495 e. The lowest BCUT2D eigenvalue weighted by Gasteiger charge is -2.28. The zero-order chi connectivity index (χ0) is 18.0. The first-order valence-electron chi connectivity index (χ1n) is 7.82. The number of hydrogen-bond donors (Lipinski definition) is 1. The van der Waals surface area contributed by atoms with Crippen LogP contribution >= 0.6 is 12.4 Å². The molecule has 7 nitrogen and oxygen atoms in total. The van der Waals surface area contributed by atoms with Crippen LogP contribution in [0.1, 0.15) is 19.8 Å². The Labute approximate surface area is 156 Å². The number of nitrogens with one attached hydrogen (secondary N) is 1. The van der Waals surface area contributed by atoms with Crippen molar-refractivity contribution in [1.29, 1.82) is 0 Å². The van der Waals surface area contributed by atoms with Gasteiger partial charge in [0.1, 0.15) is 10.6 Å². The first-order chi connectivity index (χ1) is 11.2. The Kier molecular flexibility index (Phi) is 7.70. The minimum absolute atomic E-state index is 0. The van der Waals surface area contributed by atoms with Crippen molar-refractivity contribution in [2.45, 2.75) is 35.6 Å². The quantitative estimate of drug-likeness (QED) is 0.725. The number of benzene rings is 1. The molecule has 0 bridgehead atoms. The molecule has 25 heavy (non-hydrogen) atoms. The molecule has 0 aliphatic carbocycles. The zero-order valence-electron chi connectivity index (χ0n) is 14.6. The third-order valence-electron chi connectivity index (χ3n) is 4.04. The summed E-state index contributed by atoms with van der Waals surface area (Å²) in [6.07, 6.45) is 2.45. The van der Waals surface area contributed by atoms with Gasteiger partial charge in [-0.1, -0.05) is 6.92 Å². The Balaban J connectivity index is 0.00000312. The summed E-state index contributed by atoms with van der Waals surface area (Å²) in [5.74, 6) is 0.148. The van der Waals surface area contributed by atoms with Crippen molar-refractivity contribution in [3.63, 3.8) is 0 Å². The number of methoxy groups -OCH3 is 1. The summed E-state index contributed by atoms with van der Waals surface area (Å²) in [6, 6.07) is 3.80. The van der Waals surface area contributed by atoms with Crippen molar-refractivity contribution in [2.75, 3.05) is 33.0 Å². The molecule has 1 unspecified atom stereocenters. The van der Waals surface area contributed by atoms with E-state index in [1.165, 1.54) is 29.6 Å². The maximum atomic E-state index is 13.2. The van der Waals surface area contributed by atoms with Crippen LogP contribution in [-0.2, 0) is 19.9 Å². The van der Waals surface area contributed by atoms with E-state index in [1.807, 2.05) is 6.92 Å². The van der Waals surface area contributed by atoms with Crippen molar-refractivity contribution < 1.29 is 21.6 Å². The molecular formula is C15H25ClN2O5S2. The number of nitrogens with zero attached hydrogens (tertiary/aromatic N) is 1. The van der Waals surface area contributed by atoms with Gasteiger partial charge in [0, 0.05) is 25.4 Å². The van der Waals surface area contributed by atoms with Crippen LogP contribution in [0.2, 0.25) is 0 Å². The molecule has 0 spiro atoms. The third kappa shape index (κ3) is 4.85. The molecule has 1 atom stereocenters. The summed E-state index contributed by atoms with van der Waals surface area (Å²) in [7, 11) is -6.02. The number of halogens is 1. The van der Waals surface area contributed by atoms with Gasteiger partial charge in [-0.25, -0.2) is 16.8 Å². The molecule has 0 saturated carbocycles. The van der Waals surface area contributed by atoms with Crippen molar-refractivity contribution in [3.8, 4) is 5.75 Å². The van der Waals surface area contributed by atoms with E-state index in [0.29, 0.717) is 19.5 Å². The molecule has 1 aromatic rings. The summed E-state index contributed by atoms with van der Waals surface area (Å²) in [4.78, 5) is -0.142. The predicted octanol–water partition coefficient (Wildman–Crippen LogP) is 1.28. The lowest BCUT2D eigenvalue weighted by atomic mass is 10.2. The highest BCUT2D eigenvalue weighted by Crippen LogP contribution is 2.31. The van der Waals surface area contributed by atoms with Crippen molar-refractivity contribution in [3.05, 3.63) is 18.2 Å². The molecule has 1 saturated heterocycles. The molecule has 0 aromatic heterocycles. The van der Waals surface area contributed by atoms with Gasteiger partial charge in [0.25, 0.3) is 0 Å². The number of sulfone groups is 1. The number of sulfonamides is 1. The van der Waals surface area contributed by atoms with Gasteiger partial charge in [-0.15, -0.1) is 12.4 Å². The van der Waals surface area contributed by atoms with E-state index in [-0.39, 0.29) is 34.0 Å². The van der Waals surface area contributed by atoms with Gasteiger partial charge < -0.3 is 10.1 Å². The topological polar surface area (TPSA) is 92.8 Å². The molecule has 1 aliphatic rings. The minimum atomic E-state index is -3.87. The molecule has 1 heterocycles. The van der Waals surface area contributed by atoms with E-state index < -0.39 is 19.9 Å². The van der Waals surface area contributed by atoms with Crippen LogP contribution in [0.5, 0.6) is 5.75 Å². The molecule has 1 aromatic carbocycles. The van der Waals surface area contributed by atoms with Crippen LogP contribution in [0, 0.1) is 0 Å². The van der Waals surface area contributed by atoms with Crippen LogP contribution < -0.4 is 10.1 Å². The molecular weight excluding hydrogens is 388 g/mol. The highest BCUT2D eigenvalue weighted by atomic mass is 35.5. The van der Waals surface area contributed by atoms with Crippen LogP contribution in [0.3, 0.4) is 0 Å². The number of rotatable bonds is 7. The first kappa shape index (κ1) is 22.2. The van der Waals surface area contributed by atoms with Gasteiger partial charge in [-0.2, -0.15) is 4.31 Å². The highest BCUT2D eigenvalue weighted by Gasteiger charge is 2.35. The summed E-state index contributed by atoms with van der Waals surface area (Å²) < 4.78 is 56.6. The van der Waals surface area contributed by atoms with E-state index >= 15 is 0 Å². The van der Waals surface area contributed by atoms with E-state index in [1.54, 1.807) is 0 Å². The Bertz CT molecular complexity index is 790. The van der Waals surface area contributed by atoms with E-state index in [4.69, 9.17) is 4.74 Å². The lowest BCUT2D eigenvalue weighted by molar-refractivity contribution is 0.331. The summed E-state index contributed by atoms with van der Waals surface area (Å²) in [6.45, 7) is 3.64. The van der Waals surface area contributed by atoms with Gasteiger partial charge in [0.2, 0.25) is 10.0 Å². The molecule has 1 N–H and O–H groups in total. The summed E-state index contributed by atoms with van der Waals surface area (Å²) >= 11 is 0. The molecule has 0 radical (unpaired) electrons. The van der Waals surface area contributed by atoms with Crippen molar-refractivity contribution in [1.82, 2.24) is 9.62 Å². The molecule has 2 rings (SSSR count). The fourth-order valence-corrected chi connectivity index (χ4v) is 5.47. The van der Waals surface area contributed by atoms with Crippen LogP contribution in [0.25, 0.3) is 0 Å². The van der Waals surface area contributed by atoms with E-state index in [0.717, 1.165) is 19.2 Å². The second-order valence-electron chi connectivity index (χ2n) is 5.85. The van der Waals surface area contributed by atoms with Gasteiger partial charge in [-0.3, -0.25) is 0 Å². The van der Waals surface area contributed by atoms with Crippen LogP contribution in [0.15, 0.2) is 28.0 Å². The van der Waals surface area contributed by atoms with Gasteiger partial charge in [0.15, 0.2) is 9.84 Å². The maximum Gasteiger partial charge on any atom is 0.247 e. The summed E-state index contributed by atoms with van der Waals surface area (Å²) in [5, 5.41) is 3.17. The van der Waals surface area contributed by atoms with Gasteiger partial charge in [0.05, 0.1) is 12.0 Å². The van der Waals surface area contributed by atoms with E-state index in [9.17, 15) is 16.8 Å². The second kappa shape index (κ2) is 8.68. The van der Waals surface area contributed by atoms with Crippen molar-refractivity contribution in [2.24, 2.45) is 0 Å². The predicted molar refractivity (Wildman–Crippen MR) is 98.8 cm³/mol. The monoisotopic (exact) mass is 412 g/mol. The Morgan fingerprint density at radius 2 is 1.96 bits per heavy atom. The van der Waals surface area contributed by atoms with Crippen LogP contribution in [0.4, 0.5) is 0 Å². The molecule has 10 heteroatoms. The molecule has 0 amide bonds. The standard InChI is InChI=1S/C15H24N2O5S2.ClH/c1-4-9-17(12-7-8-16-11-12)24(20,21)15-10-13(23(3,18)19)5-6-14(15)22-2;/h5-6,10,12,16H,4,7-9,11H2,1-3H3;1H. The fraction of sp³-hybridized carbons (Fsp3) is 0.600. The average Bonchev–Trinajstić information content (AvgIpc) is 3.04. The molecule has 144 valence electrons. The van der Waals surface area contributed by atoms with Gasteiger partial charge >= 0.3 is 0 Å². The van der Waals surface area contributed by atoms with E-state index in [2.05, 4.69) is 5.32 Å².